The van der Waals surface area contributed by atoms with Crippen LogP contribution in [-0.2, 0) is 10.0 Å². The molecule has 0 aliphatic rings. The van der Waals surface area contributed by atoms with Crippen LogP contribution in [0.3, 0.4) is 0 Å². The first-order valence-electron chi connectivity index (χ1n) is 8.71. The minimum atomic E-state index is -3.82. The van der Waals surface area contributed by atoms with E-state index in [0.29, 0.717) is 22.5 Å². The maximum atomic E-state index is 12.7. The molecular weight excluding hydrogens is 428 g/mol. The molecule has 0 unspecified atom stereocenters. The first-order valence-corrected chi connectivity index (χ1v) is 11.2. The van der Waals surface area contributed by atoms with Crippen molar-refractivity contribution in [2.75, 3.05) is 17.6 Å². The molecule has 0 aliphatic carbocycles. The number of anilines is 1. The van der Waals surface area contributed by atoms with Crippen LogP contribution in [-0.4, -0.2) is 32.0 Å². The highest BCUT2D eigenvalue weighted by Crippen LogP contribution is 2.27. The summed E-state index contributed by atoms with van der Waals surface area (Å²) in [5.74, 6) is 0.776. The lowest BCUT2D eigenvalue weighted by Gasteiger charge is -2.08. The molecule has 2 aromatic heterocycles. The summed E-state index contributed by atoms with van der Waals surface area (Å²) < 4.78 is 43.6. The summed E-state index contributed by atoms with van der Waals surface area (Å²) in [5.41, 5.74) is 1.20. The standard InChI is InChI=1S/C20H16N2O6S2/c1-26-14-6-4-13(5-7-14)22-30(24,25)15-8-9-18-16(11-15)21-20(28-18)29-12-17(23)19-3-2-10-27-19/h2-11,22H,12H2,1H3. The molecule has 0 radical (unpaired) electrons. The molecule has 10 heteroatoms. The Bertz CT molecular complexity index is 1280. The lowest BCUT2D eigenvalue weighted by molar-refractivity contribution is 0.0992. The average molecular weight is 444 g/mol. The van der Waals surface area contributed by atoms with Crippen LogP contribution in [0.5, 0.6) is 5.75 Å². The Morgan fingerprint density at radius 2 is 1.97 bits per heavy atom. The van der Waals surface area contributed by atoms with Crippen molar-refractivity contribution in [3.63, 3.8) is 0 Å². The van der Waals surface area contributed by atoms with Gasteiger partial charge in [-0.3, -0.25) is 9.52 Å². The number of thioether (sulfide) groups is 1. The van der Waals surface area contributed by atoms with Gasteiger partial charge in [0.1, 0.15) is 11.3 Å². The van der Waals surface area contributed by atoms with Gasteiger partial charge in [-0.05, 0) is 54.6 Å². The van der Waals surface area contributed by atoms with Crippen LogP contribution in [0.4, 0.5) is 5.69 Å². The van der Waals surface area contributed by atoms with E-state index in [0.717, 1.165) is 11.8 Å². The van der Waals surface area contributed by atoms with Gasteiger partial charge >= 0.3 is 0 Å². The maximum absolute atomic E-state index is 12.7. The summed E-state index contributed by atoms with van der Waals surface area (Å²) in [7, 11) is -2.28. The normalized spacial score (nSPS) is 11.5. The number of nitrogens with one attached hydrogen (secondary N) is 1. The monoisotopic (exact) mass is 444 g/mol. The molecule has 0 saturated heterocycles. The third kappa shape index (κ3) is 4.34. The number of aromatic nitrogens is 1. The number of carbonyl (C=O) groups is 1. The first-order chi connectivity index (χ1) is 14.4. The SMILES string of the molecule is COc1ccc(NS(=O)(=O)c2ccc3oc(SCC(=O)c4ccco4)nc3c2)cc1. The molecule has 1 N–H and O–H groups in total. The summed E-state index contributed by atoms with van der Waals surface area (Å²) in [6.45, 7) is 0. The quantitative estimate of drug-likeness (QED) is 0.318. The van der Waals surface area contributed by atoms with E-state index < -0.39 is 10.0 Å². The fourth-order valence-electron chi connectivity index (χ4n) is 2.62. The number of ether oxygens (including phenoxy) is 1. The van der Waals surface area contributed by atoms with E-state index >= 15 is 0 Å². The summed E-state index contributed by atoms with van der Waals surface area (Å²) in [6.07, 6.45) is 1.43. The molecule has 0 amide bonds. The molecule has 0 spiro atoms. The highest BCUT2D eigenvalue weighted by molar-refractivity contribution is 7.99. The van der Waals surface area contributed by atoms with E-state index in [1.807, 2.05) is 0 Å². The molecule has 4 rings (SSSR count). The maximum Gasteiger partial charge on any atom is 0.261 e. The molecule has 0 saturated carbocycles. The van der Waals surface area contributed by atoms with E-state index in [1.165, 1.54) is 31.6 Å². The number of carbonyl (C=O) groups excluding carboxylic acids is 1. The van der Waals surface area contributed by atoms with Crippen molar-refractivity contribution in [2.24, 2.45) is 0 Å². The Morgan fingerprint density at radius 3 is 2.67 bits per heavy atom. The summed E-state index contributed by atoms with van der Waals surface area (Å²) >= 11 is 1.11. The van der Waals surface area contributed by atoms with Crippen molar-refractivity contribution >= 4 is 44.4 Å². The van der Waals surface area contributed by atoms with E-state index in [2.05, 4.69) is 9.71 Å². The van der Waals surface area contributed by atoms with Crippen molar-refractivity contribution in [1.29, 1.82) is 0 Å². The number of hydrogen-bond acceptors (Lipinski definition) is 8. The Kier molecular flexibility index (Phi) is 5.51. The Morgan fingerprint density at radius 1 is 1.17 bits per heavy atom. The molecule has 30 heavy (non-hydrogen) atoms. The van der Waals surface area contributed by atoms with E-state index in [-0.39, 0.29) is 27.4 Å². The van der Waals surface area contributed by atoms with Crippen molar-refractivity contribution in [1.82, 2.24) is 4.98 Å². The molecule has 0 atom stereocenters. The van der Waals surface area contributed by atoms with Gasteiger partial charge < -0.3 is 13.6 Å². The zero-order valence-electron chi connectivity index (χ0n) is 15.7. The van der Waals surface area contributed by atoms with Crippen molar-refractivity contribution in [3.8, 4) is 5.75 Å². The average Bonchev–Trinajstić information content (AvgIpc) is 3.41. The summed E-state index contributed by atoms with van der Waals surface area (Å²) in [4.78, 5) is 16.3. The molecule has 4 aromatic rings. The largest absolute Gasteiger partial charge is 0.497 e. The minimum absolute atomic E-state index is 0.0438. The third-order valence-corrected chi connectivity index (χ3v) is 6.32. The van der Waals surface area contributed by atoms with Crippen molar-refractivity contribution in [2.45, 2.75) is 10.1 Å². The van der Waals surface area contributed by atoms with Gasteiger partial charge in [0, 0.05) is 5.69 Å². The topological polar surface area (TPSA) is 112 Å². The zero-order chi connectivity index (χ0) is 21.1. The smallest absolute Gasteiger partial charge is 0.261 e. The van der Waals surface area contributed by atoms with Crippen molar-refractivity contribution in [3.05, 3.63) is 66.6 Å². The molecule has 0 aliphatic heterocycles. The van der Waals surface area contributed by atoms with Crippen LogP contribution in [0, 0.1) is 0 Å². The summed E-state index contributed by atoms with van der Waals surface area (Å²) in [5, 5.41) is 0.266. The van der Waals surface area contributed by atoms with Crippen LogP contribution >= 0.6 is 11.8 Å². The summed E-state index contributed by atoms with van der Waals surface area (Å²) in [6, 6.07) is 14.1. The minimum Gasteiger partial charge on any atom is -0.497 e. The second kappa shape index (κ2) is 8.25. The predicted molar refractivity (Wildman–Crippen MR) is 112 cm³/mol. The molecule has 154 valence electrons. The van der Waals surface area contributed by atoms with Crippen LogP contribution in [0.1, 0.15) is 10.6 Å². The number of sulfonamides is 1. The van der Waals surface area contributed by atoms with E-state index in [4.69, 9.17) is 13.6 Å². The van der Waals surface area contributed by atoms with E-state index in [1.54, 1.807) is 36.4 Å². The molecule has 8 nitrogen and oxygen atoms in total. The molecular formula is C20H16N2O6S2. The Labute approximate surface area is 176 Å². The number of hydrogen-bond donors (Lipinski definition) is 1. The molecule has 0 bridgehead atoms. The molecule has 2 aromatic carbocycles. The van der Waals surface area contributed by atoms with Gasteiger partial charge in [-0.25, -0.2) is 13.4 Å². The second-order valence-electron chi connectivity index (χ2n) is 6.13. The number of methoxy groups -OCH3 is 1. The van der Waals surface area contributed by atoms with Gasteiger partial charge in [0.2, 0.25) is 5.78 Å². The molecule has 0 fully saturated rings. The number of benzene rings is 2. The second-order valence-corrected chi connectivity index (χ2v) is 8.74. The van der Waals surface area contributed by atoms with E-state index in [9.17, 15) is 13.2 Å². The van der Waals surface area contributed by atoms with Crippen LogP contribution in [0.2, 0.25) is 0 Å². The van der Waals surface area contributed by atoms with Gasteiger partial charge in [0.25, 0.3) is 15.2 Å². The number of ketones is 1. The highest BCUT2D eigenvalue weighted by Gasteiger charge is 2.18. The third-order valence-electron chi connectivity index (χ3n) is 4.11. The number of fused-ring (bicyclic) bond motifs is 1. The lowest BCUT2D eigenvalue weighted by atomic mass is 10.3. The fourth-order valence-corrected chi connectivity index (χ4v) is 4.41. The zero-order valence-corrected chi connectivity index (χ0v) is 17.3. The first kappa shape index (κ1) is 20.0. The van der Waals surface area contributed by atoms with Gasteiger partial charge in [-0.2, -0.15) is 0 Å². The molecule has 2 heterocycles. The number of oxazole rings is 1. The van der Waals surface area contributed by atoms with Gasteiger partial charge in [-0.1, -0.05) is 11.8 Å². The number of Topliss-reactive ketones (excluding diaryl/α,β-unsaturated/α-hetero) is 1. The predicted octanol–water partition coefficient (Wildman–Crippen LogP) is 4.21. The van der Waals surface area contributed by atoms with Crippen LogP contribution in [0.25, 0.3) is 11.1 Å². The van der Waals surface area contributed by atoms with Crippen molar-refractivity contribution < 1.29 is 26.8 Å². The Balaban J connectivity index is 1.50. The number of furan rings is 1. The highest BCUT2D eigenvalue weighted by atomic mass is 32.2. The lowest BCUT2D eigenvalue weighted by Crippen LogP contribution is -2.12. The number of nitrogens with zero attached hydrogens (tertiary/aromatic N) is 1. The van der Waals surface area contributed by atoms with Gasteiger partial charge in [0.15, 0.2) is 11.3 Å². The van der Waals surface area contributed by atoms with Crippen LogP contribution in [0.15, 0.2) is 79.8 Å². The number of rotatable bonds is 8. The van der Waals surface area contributed by atoms with Gasteiger partial charge in [0.05, 0.1) is 24.0 Å². The Hall–Kier alpha value is -3.24. The van der Waals surface area contributed by atoms with Crippen LogP contribution < -0.4 is 9.46 Å². The van der Waals surface area contributed by atoms with Gasteiger partial charge in [-0.15, -0.1) is 0 Å². The fraction of sp³-hybridized carbons (Fsp3) is 0.100.